The van der Waals surface area contributed by atoms with Gasteiger partial charge in [-0.1, -0.05) is 270 Å². The molecule has 6 heteroatoms. The summed E-state index contributed by atoms with van der Waals surface area (Å²) in [5.74, 6) is -0.0543. The van der Waals surface area contributed by atoms with Crippen LogP contribution in [0.15, 0.2) is 12.2 Å². The van der Waals surface area contributed by atoms with E-state index in [4.69, 9.17) is 4.74 Å². The lowest BCUT2D eigenvalue weighted by atomic mass is 10.0. The van der Waals surface area contributed by atoms with Crippen LogP contribution < -0.4 is 5.32 Å². The molecule has 0 bridgehead atoms. The fraction of sp³-hybridized carbons (Fsp3) is 0.931. The number of esters is 1. The zero-order chi connectivity index (χ0) is 46.5. The van der Waals surface area contributed by atoms with Crippen LogP contribution in [0.2, 0.25) is 0 Å². The minimum absolute atomic E-state index is 0.00706. The van der Waals surface area contributed by atoms with Crippen LogP contribution in [-0.4, -0.2) is 47.4 Å². The number of allylic oxidation sites excluding steroid dienone is 2. The molecule has 0 heterocycles. The lowest BCUT2D eigenvalue weighted by molar-refractivity contribution is -0.143. The van der Waals surface area contributed by atoms with Gasteiger partial charge >= 0.3 is 5.97 Å². The van der Waals surface area contributed by atoms with E-state index in [9.17, 15) is 19.8 Å². The third-order valence-corrected chi connectivity index (χ3v) is 13.6. The molecule has 0 fully saturated rings. The first-order valence-corrected chi connectivity index (χ1v) is 28.9. The van der Waals surface area contributed by atoms with Gasteiger partial charge in [0.1, 0.15) is 0 Å². The zero-order valence-corrected chi connectivity index (χ0v) is 43.3. The average molecular weight is 905 g/mol. The predicted octanol–water partition coefficient (Wildman–Crippen LogP) is 17.7. The smallest absolute Gasteiger partial charge is 0.305 e. The van der Waals surface area contributed by atoms with Gasteiger partial charge in [-0.3, -0.25) is 9.59 Å². The maximum Gasteiger partial charge on any atom is 0.305 e. The van der Waals surface area contributed by atoms with Gasteiger partial charge in [0.05, 0.1) is 25.4 Å². The zero-order valence-electron chi connectivity index (χ0n) is 43.3. The summed E-state index contributed by atoms with van der Waals surface area (Å²) in [7, 11) is 0. The molecule has 0 aromatic carbocycles. The van der Waals surface area contributed by atoms with Crippen molar-refractivity contribution >= 4 is 11.9 Å². The normalized spacial score (nSPS) is 12.6. The summed E-state index contributed by atoms with van der Waals surface area (Å²) < 4.78 is 5.46. The van der Waals surface area contributed by atoms with Gasteiger partial charge < -0.3 is 20.3 Å². The standard InChI is InChI=1S/C58H113NO5/c1-3-5-7-9-11-13-15-17-19-20-21-23-26-30-34-38-42-46-50-56(61)55(54-60)59-57(62)51-47-43-39-35-31-27-24-22-25-29-33-37-41-45-49-53-64-58(63)52-48-44-40-36-32-28-18-16-14-12-10-8-6-4-2/h25,29,55-56,60-61H,3-24,26-28,30-54H2,1-2H3,(H,59,62)/b29-25-. The topological polar surface area (TPSA) is 95.9 Å². The number of carbonyl (C=O) groups is 2. The average Bonchev–Trinajstić information content (AvgIpc) is 3.29. The van der Waals surface area contributed by atoms with Gasteiger partial charge in [-0.2, -0.15) is 0 Å². The van der Waals surface area contributed by atoms with Gasteiger partial charge in [0, 0.05) is 12.8 Å². The van der Waals surface area contributed by atoms with Crippen molar-refractivity contribution in [2.75, 3.05) is 13.2 Å². The molecule has 0 saturated heterocycles. The summed E-state index contributed by atoms with van der Waals surface area (Å²) in [6.07, 6.45) is 63.4. The van der Waals surface area contributed by atoms with E-state index < -0.39 is 12.1 Å². The van der Waals surface area contributed by atoms with Crippen LogP contribution in [0, 0.1) is 0 Å². The Balaban J connectivity index is 3.46. The number of hydrogen-bond acceptors (Lipinski definition) is 5. The molecule has 1 amide bonds. The van der Waals surface area contributed by atoms with Crippen molar-refractivity contribution in [1.29, 1.82) is 0 Å². The van der Waals surface area contributed by atoms with Crippen molar-refractivity contribution in [2.24, 2.45) is 0 Å². The molecule has 2 unspecified atom stereocenters. The van der Waals surface area contributed by atoms with E-state index in [0.29, 0.717) is 25.9 Å². The molecule has 64 heavy (non-hydrogen) atoms. The highest BCUT2D eigenvalue weighted by molar-refractivity contribution is 5.76. The second kappa shape index (κ2) is 54.2. The second-order valence-corrected chi connectivity index (χ2v) is 20.0. The number of rotatable bonds is 54. The lowest BCUT2D eigenvalue weighted by Gasteiger charge is -2.22. The number of carbonyl (C=O) groups excluding carboxylic acids is 2. The number of amides is 1. The Bertz CT molecular complexity index is 955. The third-order valence-electron chi connectivity index (χ3n) is 13.6. The molecule has 3 N–H and O–H groups in total. The van der Waals surface area contributed by atoms with E-state index in [1.165, 1.54) is 218 Å². The second-order valence-electron chi connectivity index (χ2n) is 20.0. The van der Waals surface area contributed by atoms with Crippen LogP contribution in [0.25, 0.3) is 0 Å². The molecule has 0 rings (SSSR count). The fourth-order valence-corrected chi connectivity index (χ4v) is 9.11. The van der Waals surface area contributed by atoms with Crippen LogP contribution in [0.1, 0.15) is 322 Å². The maximum absolute atomic E-state index is 12.5. The largest absolute Gasteiger partial charge is 0.466 e. The molecule has 0 aliphatic rings. The molecule has 2 atom stereocenters. The van der Waals surface area contributed by atoms with Gasteiger partial charge in [-0.15, -0.1) is 0 Å². The van der Waals surface area contributed by atoms with E-state index in [0.717, 1.165) is 70.6 Å². The highest BCUT2D eigenvalue weighted by Crippen LogP contribution is 2.17. The van der Waals surface area contributed by atoms with Gasteiger partial charge in [0.15, 0.2) is 0 Å². The molecule has 6 nitrogen and oxygen atoms in total. The summed E-state index contributed by atoms with van der Waals surface area (Å²) in [5.41, 5.74) is 0. The Kier molecular flexibility index (Phi) is 53.0. The van der Waals surface area contributed by atoms with E-state index in [1.807, 2.05) is 0 Å². The fourth-order valence-electron chi connectivity index (χ4n) is 9.11. The number of unbranched alkanes of at least 4 members (excludes halogenated alkanes) is 41. The number of hydrogen-bond donors (Lipinski definition) is 3. The Hall–Kier alpha value is -1.40. The lowest BCUT2D eigenvalue weighted by Crippen LogP contribution is -2.45. The van der Waals surface area contributed by atoms with E-state index in [1.54, 1.807) is 0 Å². The molecule has 0 aliphatic carbocycles. The van der Waals surface area contributed by atoms with Crippen LogP contribution in [0.3, 0.4) is 0 Å². The summed E-state index contributed by atoms with van der Waals surface area (Å²) in [4.78, 5) is 24.5. The van der Waals surface area contributed by atoms with Crippen LogP contribution in [0.4, 0.5) is 0 Å². The monoisotopic (exact) mass is 904 g/mol. The van der Waals surface area contributed by atoms with Crippen molar-refractivity contribution in [3.63, 3.8) is 0 Å². The van der Waals surface area contributed by atoms with Crippen molar-refractivity contribution in [1.82, 2.24) is 5.32 Å². The van der Waals surface area contributed by atoms with Crippen LogP contribution >= 0.6 is 0 Å². The van der Waals surface area contributed by atoms with Gasteiger partial charge in [0.25, 0.3) is 0 Å². The van der Waals surface area contributed by atoms with Gasteiger partial charge in [-0.25, -0.2) is 0 Å². The molecule has 0 aliphatic heterocycles. The Morgan fingerprint density at radius 1 is 0.422 bits per heavy atom. The molecular formula is C58H113NO5. The van der Waals surface area contributed by atoms with Gasteiger partial charge in [-0.05, 0) is 51.4 Å². The van der Waals surface area contributed by atoms with Gasteiger partial charge in [0.2, 0.25) is 5.91 Å². The highest BCUT2D eigenvalue weighted by Gasteiger charge is 2.20. The number of ether oxygens (including phenoxy) is 1. The maximum atomic E-state index is 12.5. The van der Waals surface area contributed by atoms with E-state index >= 15 is 0 Å². The molecule has 0 aromatic rings. The first kappa shape index (κ1) is 62.6. The van der Waals surface area contributed by atoms with E-state index in [2.05, 4.69) is 31.3 Å². The number of nitrogens with one attached hydrogen (secondary N) is 1. The molecule has 0 saturated carbocycles. The summed E-state index contributed by atoms with van der Waals surface area (Å²) >= 11 is 0. The first-order chi connectivity index (χ1) is 31.5. The van der Waals surface area contributed by atoms with Crippen molar-refractivity contribution in [3.8, 4) is 0 Å². The Morgan fingerprint density at radius 2 is 0.734 bits per heavy atom. The first-order valence-electron chi connectivity index (χ1n) is 28.9. The number of aliphatic hydroxyl groups is 2. The third kappa shape index (κ3) is 50.0. The van der Waals surface area contributed by atoms with Crippen molar-refractivity contribution in [3.05, 3.63) is 12.2 Å². The quantitative estimate of drug-likeness (QED) is 0.0321. The summed E-state index contributed by atoms with van der Waals surface area (Å²) in [5, 5.41) is 23.3. The number of aliphatic hydroxyl groups excluding tert-OH is 2. The van der Waals surface area contributed by atoms with Crippen LogP contribution in [-0.2, 0) is 14.3 Å². The summed E-state index contributed by atoms with van der Waals surface area (Å²) in [6.45, 7) is 4.94. The predicted molar refractivity (Wildman–Crippen MR) is 278 cm³/mol. The summed E-state index contributed by atoms with van der Waals surface area (Å²) in [6, 6.07) is -0.552. The van der Waals surface area contributed by atoms with Crippen molar-refractivity contribution < 1.29 is 24.5 Å². The molecule has 0 aromatic heterocycles. The highest BCUT2D eigenvalue weighted by atomic mass is 16.5. The molecular weight excluding hydrogens is 791 g/mol. The molecule has 380 valence electrons. The molecule has 0 spiro atoms. The minimum Gasteiger partial charge on any atom is -0.466 e. The SMILES string of the molecule is CCCCCCCCCCCCCCCCCCCCC(O)C(CO)NC(=O)CCCCCCCCC/C=C\CCCCCCOC(=O)CCCCCCCCCCCCCCCC. The molecule has 0 radical (unpaired) electrons. The van der Waals surface area contributed by atoms with Crippen molar-refractivity contribution in [2.45, 2.75) is 334 Å². The minimum atomic E-state index is -0.674. The Morgan fingerprint density at radius 3 is 1.11 bits per heavy atom. The Labute approximate surface area is 399 Å². The van der Waals surface area contributed by atoms with E-state index in [-0.39, 0.29) is 18.5 Å². The van der Waals surface area contributed by atoms with Crippen LogP contribution in [0.5, 0.6) is 0 Å².